The number of rotatable bonds is 7. The first kappa shape index (κ1) is 21.8. The molecule has 8 heteroatoms. The van der Waals surface area contributed by atoms with Crippen LogP contribution in [-0.4, -0.2) is 33.1 Å². The molecule has 0 unspecified atom stereocenters. The van der Waals surface area contributed by atoms with Crippen LogP contribution in [0.4, 0.5) is 11.5 Å². The van der Waals surface area contributed by atoms with Crippen molar-refractivity contribution in [1.29, 1.82) is 5.41 Å². The summed E-state index contributed by atoms with van der Waals surface area (Å²) in [5.74, 6) is 1.06. The lowest BCUT2D eigenvalue weighted by Gasteiger charge is -2.09. The summed E-state index contributed by atoms with van der Waals surface area (Å²) in [5, 5.41) is 14.6. The molecule has 0 bridgehead atoms. The van der Waals surface area contributed by atoms with Gasteiger partial charge in [0.1, 0.15) is 11.5 Å². The van der Waals surface area contributed by atoms with E-state index in [9.17, 15) is 4.79 Å². The zero-order chi connectivity index (χ0) is 23.4. The van der Waals surface area contributed by atoms with E-state index in [0.29, 0.717) is 22.9 Å². The second-order valence-electron chi connectivity index (χ2n) is 7.85. The summed E-state index contributed by atoms with van der Waals surface area (Å²) in [4.78, 5) is 24.5. The molecule has 2 aromatic carbocycles. The first-order chi connectivity index (χ1) is 16.0. The molecule has 0 saturated carbocycles. The van der Waals surface area contributed by atoms with E-state index in [1.807, 2.05) is 62.4 Å². The van der Waals surface area contributed by atoms with E-state index < -0.39 is 0 Å². The second kappa shape index (κ2) is 9.35. The average molecular weight is 440 g/mol. The van der Waals surface area contributed by atoms with Crippen LogP contribution in [0.3, 0.4) is 0 Å². The van der Waals surface area contributed by atoms with E-state index >= 15 is 0 Å². The molecule has 4 rings (SSSR count). The number of benzene rings is 2. The highest BCUT2D eigenvalue weighted by molar-refractivity contribution is 6.08. The van der Waals surface area contributed by atoms with Crippen molar-refractivity contribution in [2.75, 3.05) is 5.32 Å². The maximum Gasteiger partial charge on any atom is 0.267 e. The van der Waals surface area contributed by atoms with Gasteiger partial charge in [-0.05, 0) is 49.7 Å². The van der Waals surface area contributed by atoms with Crippen molar-refractivity contribution in [3.8, 4) is 11.4 Å². The van der Waals surface area contributed by atoms with Gasteiger partial charge in [0, 0.05) is 52.4 Å². The van der Waals surface area contributed by atoms with Crippen molar-refractivity contribution >= 4 is 40.1 Å². The Morgan fingerprint density at radius 1 is 1.15 bits per heavy atom. The molecule has 0 aliphatic rings. The molecule has 8 nitrogen and oxygen atoms in total. The Kier molecular flexibility index (Phi) is 6.17. The number of nitrogens with zero attached hydrogens (tertiary/aromatic N) is 2. The fourth-order valence-electron chi connectivity index (χ4n) is 3.45. The molecule has 0 aliphatic carbocycles. The predicted octanol–water partition coefficient (Wildman–Crippen LogP) is 4.46. The van der Waals surface area contributed by atoms with Crippen molar-refractivity contribution in [2.45, 2.75) is 19.9 Å². The SMILES string of the molecule is CC(C)NC(=O)c1cc2ccc(-c3nccc(Nc4cccc(/C(C=N)=C/N)c4)n3)cc2[nH]1. The van der Waals surface area contributed by atoms with Gasteiger partial charge in [-0.3, -0.25) is 4.79 Å². The predicted molar refractivity (Wildman–Crippen MR) is 133 cm³/mol. The average Bonchev–Trinajstić information content (AvgIpc) is 3.24. The minimum absolute atomic E-state index is 0.0619. The molecule has 2 aromatic heterocycles. The van der Waals surface area contributed by atoms with Crippen molar-refractivity contribution < 1.29 is 4.79 Å². The van der Waals surface area contributed by atoms with Gasteiger partial charge in [-0.2, -0.15) is 0 Å². The molecule has 166 valence electrons. The molecule has 0 fully saturated rings. The van der Waals surface area contributed by atoms with Gasteiger partial charge in [-0.15, -0.1) is 0 Å². The highest BCUT2D eigenvalue weighted by atomic mass is 16.1. The molecule has 6 N–H and O–H groups in total. The zero-order valence-electron chi connectivity index (χ0n) is 18.4. The number of anilines is 2. The van der Waals surface area contributed by atoms with Gasteiger partial charge in [0.15, 0.2) is 5.82 Å². The van der Waals surface area contributed by atoms with Crippen LogP contribution in [0.1, 0.15) is 29.9 Å². The van der Waals surface area contributed by atoms with Gasteiger partial charge in [0.05, 0.1) is 0 Å². The smallest absolute Gasteiger partial charge is 0.267 e. The molecule has 0 spiro atoms. The molecule has 0 aliphatic heterocycles. The van der Waals surface area contributed by atoms with E-state index in [0.717, 1.165) is 27.7 Å². The van der Waals surface area contributed by atoms with Gasteiger partial charge in [0.2, 0.25) is 0 Å². The van der Waals surface area contributed by atoms with E-state index in [2.05, 4.69) is 25.6 Å². The third-order valence-corrected chi connectivity index (χ3v) is 5.00. The highest BCUT2D eigenvalue weighted by Gasteiger charge is 2.12. The summed E-state index contributed by atoms with van der Waals surface area (Å²) in [6.07, 6.45) is 4.32. The van der Waals surface area contributed by atoms with Crippen LogP contribution >= 0.6 is 0 Å². The second-order valence-corrected chi connectivity index (χ2v) is 7.85. The third-order valence-electron chi connectivity index (χ3n) is 5.00. The van der Waals surface area contributed by atoms with Crippen molar-refractivity contribution in [1.82, 2.24) is 20.3 Å². The summed E-state index contributed by atoms with van der Waals surface area (Å²) in [6.45, 7) is 3.85. The number of carbonyl (C=O) groups is 1. The third kappa shape index (κ3) is 4.90. The van der Waals surface area contributed by atoms with E-state index in [-0.39, 0.29) is 11.9 Å². The number of aromatic nitrogens is 3. The Bertz CT molecular complexity index is 1350. The fraction of sp³-hybridized carbons (Fsp3) is 0.120. The van der Waals surface area contributed by atoms with Gasteiger partial charge >= 0.3 is 0 Å². The lowest BCUT2D eigenvalue weighted by molar-refractivity contribution is 0.0939. The van der Waals surface area contributed by atoms with Gasteiger partial charge in [-0.25, -0.2) is 9.97 Å². The minimum atomic E-state index is -0.136. The molecule has 4 aromatic rings. The van der Waals surface area contributed by atoms with Crippen molar-refractivity contribution in [3.63, 3.8) is 0 Å². The van der Waals surface area contributed by atoms with Crippen LogP contribution in [0.5, 0.6) is 0 Å². The molecule has 33 heavy (non-hydrogen) atoms. The Morgan fingerprint density at radius 3 is 2.76 bits per heavy atom. The normalized spacial score (nSPS) is 11.5. The molecule has 0 saturated heterocycles. The summed E-state index contributed by atoms with van der Waals surface area (Å²) in [5.41, 5.74) is 10.1. The quantitative estimate of drug-likeness (QED) is 0.271. The van der Waals surface area contributed by atoms with Crippen LogP contribution in [-0.2, 0) is 0 Å². The minimum Gasteiger partial charge on any atom is -0.404 e. The Labute approximate surface area is 191 Å². The maximum atomic E-state index is 12.3. The van der Waals surface area contributed by atoms with E-state index in [1.165, 1.54) is 12.4 Å². The van der Waals surface area contributed by atoms with Gasteiger partial charge in [-0.1, -0.05) is 24.3 Å². The van der Waals surface area contributed by atoms with Gasteiger partial charge in [0.25, 0.3) is 5.91 Å². The van der Waals surface area contributed by atoms with Crippen LogP contribution in [0.2, 0.25) is 0 Å². The van der Waals surface area contributed by atoms with Crippen LogP contribution in [0.25, 0.3) is 27.9 Å². The molecule has 1 amide bonds. The topological polar surface area (TPSA) is 133 Å². The lowest BCUT2D eigenvalue weighted by atomic mass is 10.1. The number of hydrogen-bond donors (Lipinski definition) is 5. The number of allylic oxidation sites excluding steroid dienone is 1. The monoisotopic (exact) mass is 439 g/mol. The molecule has 0 radical (unpaired) electrons. The van der Waals surface area contributed by atoms with Crippen molar-refractivity contribution in [3.05, 3.63) is 78.3 Å². The van der Waals surface area contributed by atoms with Crippen LogP contribution < -0.4 is 16.4 Å². The molecule has 0 atom stereocenters. The number of hydrogen-bond acceptors (Lipinski definition) is 6. The number of aromatic amines is 1. The first-order valence-electron chi connectivity index (χ1n) is 10.5. The number of amides is 1. The van der Waals surface area contributed by atoms with Crippen molar-refractivity contribution in [2.24, 2.45) is 5.73 Å². The lowest BCUT2D eigenvalue weighted by Crippen LogP contribution is -2.30. The van der Waals surface area contributed by atoms with Crippen LogP contribution in [0, 0.1) is 5.41 Å². The summed E-state index contributed by atoms with van der Waals surface area (Å²) in [6, 6.07) is 17.1. The van der Waals surface area contributed by atoms with E-state index in [4.69, 9.17) is 11.1 Å². The standard InChI is InChI=1S/C25H25N7O/c1-15(2)29-25(33)22-11-17-6-7-18(12-21(17)31-22)24-28-9-8-23(32-24)30-20-5-3-4-16(10-20)19(13-26)14-27/h3-15,26,31H,27H2,1-2H3,(H,29,33)(H,28,30,32)/b19-14+,26-13?. The summed E-state index contributed by atoms with van der Waals surface area (Å²) in [7, 11) is 0. The summed E-state index contributed by atoms with van der Waals surface area (Å²) < 4.78 is 0. The number of nitrogens with one attached hydrogen (secondary N) is 4. The van der Waals surface area contributed by atoms with Crippen LogP contribution in [0.15, 0.2) is 67.0 Å². The van der Waals surface area contributed by atoms with E-state index in [1.54, 1.807) is 12.3 Å². The Hall–Kier alpha value is -4.46. The Balaban J connectivity index is 1.59. The first-order valence-corrected chi connectivity index (χ1v) is 10.5. The fourth-order valence-corrected chi connectivity index (χ4v) is 3.45. The van der Waals surface area contributed by atoms with Gasteiger partial charge < -0.3 is 26.8 Å². The molecule has 2 heterocycles. The highest BCUT2D eigenvalue weighted by Crippen LogP contribution is 2.25. The number of H-pyrrole nitrogens is 1. The number of carbonyl (C=O) groups excluding carboxylic acids is 1. The number of nitrogens with two attached hydrogens (primary N) is 1. The summed E-state index contributed by atoms with van der Waals surface area (Å²) >= 11 is 0. The molecular weight excluding hydrogens is 414 g/mol. The number of fused-ring (bicyclic) bond motifs is 1. The molecular formula is C25H25N7O. The zero-order valence-corrected chi connectivity index (χ0v) is 18.4. The maximum absolute atomic E-state index is 12.3. The Morgan fingerprint density at radius 2 is 2.00 bits per heavy atom. The largest absolute Gasteiger partial charge is 0.404 e.